The highest BCUT2D eigenvalue weighted by atomic mass is 79.9. The Hall–Kier alpha value is -0.800. The van der Waals surface area contributed by atoms with E-state index in [1.165, 1.54) is 11.1 Å². The molecule has 3 heteroatoms. The van der Waals surface area contributed by atoms with Crippen molar-refractivity contribution in [2.24, 2.45) is 0 Å². The van der Waals surface area contributed by atoms with Crippen molar-refractivity contribution in [1.82, 2.24) is 5.32 Å². The van der Waals surface area contributed by atoms with Crippen LogP contribution in [0.25, 0.3) is 0 Å². The molecule has 1 unspecified atom stereocenters. The van der Waals surface area contributed by atoms with E-state index < -0.39 is 0 Å². The Morgan fingerprint density at radius 3 is 2.88 bits per heavy atom. The second kappa shape index (κ2) is 5.02. The molecular formula is C13H16BrNO. The van der Waals surface area contributed by atoms with Crippen LogP contribution in [0, 0.1) is 6.92 Å². The minimum atomic E-state index is 0.167. The Morgan fingerprint density at radius 1 is 1.44 bits per heavy atom. The lowest BCUT2D eigenvalue weighted by molar-refractivity contribution is 0.218. The molecule has 86 valence electrons. The number of hydrogen-bond acceptors (Lipinski definition) is 2. The Labute approximate surface area is 105 Å². The molecule has 1 aliphatic rings. The van der Waals surface area contributed by atoms with Crippen LogP contribution in [0.3, 0.4) is 0 Å². The summed E-state index contributed by atoms with van der Waals surface area (Å²) in [6.07, 6.45) is 3.18. The van der Waals surface area contributed by atoms with Gasteiger partial charge in [-0.15, -0.1) is 0 Å². The molecule has 1 aromatic carbocycles. The van der Waals surface area contributed by atoms with E-state index in [1.54, 1.807) is 0 Å². The summed E-state index contributed by atoms with van der Waals surface area (Å²) in [5.41, 5.74) is 2.55. The van der Waals surface area contributed by atoms with Gasteiger partial charge in [0.2, 0.25) is 0 Å². The first-order valence-corrected chi connectivity index (χ1v) is 6.28. The number of halogens is 1. The Bertz CT molecular complexity index is 414. The van der Waals surface area contributed by atoms with Crippen molar-refractivity contribution in [3.63, 3.8) is 0 Å². The van der Waals surface area contributed by atoms with Crippen molar-refractivity contribution in [1.29, 1.82) is 0 Å². The molecule has 1 aliphatic heterocycles. The highest BCUT2D eigenvalue weighted by Crippen LogP contribution is 2.30. The third-order valence-corrected chi connectivity index (χ3v) is 3.35. The van der Waals surface area contributed by atoms with Gasteiger partial charge in [0.15, 0.2) is 0 Å². The molecule has 0 bridgehead atoms. The van der Waals surface area contributed by atoms with Gasteiger partial charge in [0.25, 0.3) is 0 Å². The van der Waals surface area contributed by atoms with E-state index in [2.05, 4.69) is 52.4 Å². The number of benzene rings is 1. The molecular weight excluding hydrogens is 266 g/mol. The molecule has 1 heterocycles. The molecule has 0 aromatic heterocycles. The van der Waals surface area contributed by atoms with Crippen LogP contribution in [0.1, 0.15) is 23.6 Å². The number of aryl methyl sites for hydroxylation is 1. The van der Waals surface area contributed by atoms with E-state index in [0.717, 1.165) is 23.3 Å². The van der Waals surface area contributed by atoms with Crippen LogP contribution in [-0.2, 0) is 4.74 Å². The van der Waals surface area contributed by atoms with Gasteiger partial charge >= 0.3 is 0 Å². The van der Waals surface area contributed by atoms with Gasteiger partial charge in [-0.3, -0.25) is 0 Å². The number of likely N-dealkylation sites (N-methyl/N-ethyl adjacent to an activating group) is 1. The lowest BCUT2D eigenvalue weighted by atomic mass is 10.00. The molecule has 2 rings (SSSR count). The van der Waals surface area contributed by atoms with Crippen molar-refractivity contribution < 1.29 is 4.74 Å². The first-order valence-electron chi connectivity index (χ1n) is 5.48. The summed E-state index contributed by atoms with van der Waals surface area (Å²) in [4.78, 5) is 0. The van der Waals surface area contributed by atoms with Crippen LogP contribution in [0.4, 0.5) is 0 Å². The predicted octanol–water partition coefficient (Wildman–Crippen LogP) is 3.32. The first kappa shape index (κ1) is 11.7. The minimum Gasteiger partial charge on any atom is -0.496 e. The van der Waals surface area contributed by atoms with Gasteiger partial charge in [0, 0.05) is 10.9 Å². The smallest absolute Gasteiger partial charge is 0.114 e. The van der Waals surface area contributed by atoms with Crippen molar-refractivity contribution in [3.05, 3.63) is 45.6 Å². The van der Waals surface area contributed by atoms with Crippen LogP contribution in [0.2, 0.25) is 0 Å². The third kappa shape index (κ3) is 2.30. The summed E-state index contributed by atoms with van der Waals surface area (Å²) in [5, 5.41) is 3.31. The molecule has 1 aromatic rings. The summed E-state index contributed by atoms with van der Waals surface area (Å²) in [6.45, 7) is 2.93. The molecule has 0 saturated carbocycles. The number of ether oxygens (including phenoxy) is 1. The quantitative estimate of drug-likeness (QED) is 0.918. The third-order valence-electron chi connectivity index (χ3n) is 2.86. The minimum absolute atomic E-state index is 0.167. The average molecular weight is 282 g/mol. The average Bonchev–Trinajstić information content (AvgIpc) is 2.78. The Kier molecular flexibility index (Phi) is 3.66. The van der Waals surface area contributed by atoms with E-state index in [-0.39, 0.29) is 6.04 Å². The molecule has 2 nitrogen and oxygen atoms in total. The van der Waals surface area contributed by atoms with Crippen LogP contribution in [0.15, 0.2) is 34.5 Å². The van der Waals surface area contributed by atoms with Gasteiger partial charge in [0.05, 0.1) is 12.6 Å². The Morgan fingerprint density at radius 2 is 2.25 bits per heavy atom. The molecule has 0 amide bonds. The summed E-state index contributed by atoms with van der Waals surface area (Å²) >= 11 is 3.51. The fourth-order valence-corrected chi connectivity index (χ4v) is 2.39. The summed E-state index contributed by atoms with van der Waals surface area (Å²) < 4.78 is 6.74. The molecule has 0 aliphatic carbocycles. The van der Waals surface area contributed by atoms with Crippen LogP contribution in [0.5, 0.6) is 0 Å². The van der Waals surface area contributed by atoms with Crippen molar-refractivity contribution in [2.75, 3.05) is 13.7 Å². The highest BCUT2D eigenvalue weighted by Gasteiger charge is 2.20. The maximum Gasteiger partial charge on any atom is 0.114 e. The van der Waals surface area contributed by atoms with Crippen LogP contribution < -0.4 is 5.32 Å². The predicted molar refractivity (Wildman–Crippen MR) is 69.3 cm³/mol. The standard InChI is InChI=1S/C13H16BrNO/c1-9-5-6-10(14)8-11(9)13(15-2)12-4-3-7-16-12/h4-6,8,13,15H,3,7H2,1-2H3. The van der Waals surface area contributed by atoms with E-state index in [9.17, 15) is 0 Å². The van der Waals surface area contributed by atoms with E-state index in [4.69, 9.17) is 4.74 Å². The second-order valence-corrected chi connectivity index (χ2v) is 4.88. The van der Waals surface area contributed by atoms with Gasteiger partial charge in [-0.1, -0.05) is 22.0 Å². The molecule has 0 spiro atoms. The topological polar surface area (TPSA) is 21.3 Å². The molecule has 16 heavy (non-hydrogen) atoms. The van der Waals surface area contributed by atoms with E-state index in [0.29, 0.717) is 0 Å². The highest BCUT2D eigenvalue weighted by molar-refractivity contribution is 9.10. The SMILES string of the molecule is CNC(C1=CCCO1)c1cc(Br)ccc1C. The molecule has 1 N–H and O–H groups in total. The fraction of sp³-hybridized carbons (Fsp3) is 0.385. The molecule has 0 saturated heterocycles. The van der Waals surface area contributed by atoms with Crippen molar-refractivity contribution in [2.45, 2.75) is 19.4 Å². The molecule has 0 fully saturated rings. The van der Waals surface area contributed by atoms with Crippen LogP contribution in [-0.4, -0.2) is 13.7 Å². The molecule has 0 radical (unpaired) electrons. The summed E-state index contributed by atoms with van der Waals surface area (Å²) in [7, 11) is 1.97. The van der Waals surface area contributed by atoms with Gasteiger partial charge in [-0.05, 0) is 43.3 Å². The number of hydrogen-bond donors (Lipinski definition) is 1. The van der Waals surface area contributed by atoms with E-state index in [1.807, 2.05) is 7.05 Å². The lowest BCUT2D eigenvalue weighted by Crippen LogP contribution is -2.20. The second-order valence-electron chi connectivity index (χ2n) is 3.97. The summed E-state index contributed by atoms with van der Waals surface area (Å²) in [6, 6.07) is 6.51. The number of nitrogens with one attached hydrogen (secondary N) is 1. The maximum absolute atomic E-state index is 5.64. The Balaban J connectivity index is 2.35. The van der Waals surface area contributed by atoms with E-state index >= 15 is 0 Å². The van der Waals surface area contributed by atoms with Crippen molar-refractivity contribution >= 4 is 15.9 Å². The molecule has 1 atom stereocenters. The monoisotopic (exact) mass is 281 g/mol. The normalized spacial score (nSPS) is 16.8. The van der Waals surface area contributed by atoms with Gasteiger partial charge < -0.3 is 10.1 Å². The zero-order valence-electron chi connectivity index (χ0n) is 9.59. The summed E-state index contributed by atoms with van der Waals surface area (Å²) in [5.74, 6) is 1.05. The zero-order valence-corrected chi connectivity index (χ0v) is 11.2. The largest absolute Gasteiger partial charge is 0.496 e. The maximum atomic E-state index is 5.64. The fourth-order valence-electron chi connectivity index (χ4n) is 2.01. The number of rotatable bonds is 3. The van der Waals surface area contributed by atoms with Crippen molar-refractivity contribution in [3.8, 4) is 0 Å². The lowest BCUT2D eigenvalue weighted by Gasteiger charge is -2.20. The van der Waals surface area contributed by atoms with Crippen LogP contribution >= 0.6 is 15.9 Å². The van der Waals surface area contributed by atoms with Gasteiger partial charge in [0.1, 0.15) is 5.76 Å². The van der Waals surface area contributed by atoms with Gasteiger partial charge in [-0.25, -0.2) is 0 Å². The first-order chi connectivity index (χ1) is 7.72. The zero-order chi connectivity index (χ0) is 11.5. The van der Waals surface area contributed by atoms with Gasteiger partial charge in [-0.2, -0.15) is 0 Å².